The minimum atomic E-state index is -0.463. The molecule has 0 aliphatic heterocycles. The zero-order valence-electron chi connectivity index (χ0n) is 17.7. The second-order valence-corrected chi connectivity index (χ2v) is 8.87. The van der Waals surface area contributed by atoms with Crippen molar-refractivity contribution in [2.75, 3.05) is 11.9 Å². The van der Waals surface area contributed by atoms with Gasteiger partial charge in [-0.2, -0.15) is 0 Å². The first-order valence-electron chi connectivity index (χ1n) is 10.6. The van der Waals surface area contributed by atoms with Crippen molar-refractivity contribution >= 4 is 34.7 Å². The third kappa shape index (κ3) is 4.47. The molecule has 2 aromatic carbocycles. The number of imidazole rings is 1. The van der Waals surface area contributed by atoms with E-state index in [9.17, 15) is 14.5 Å². The fourth-order valence-electron chi connectivity index (χ4n) is 3.65. The third-order valence-electron chi connectivity index (χ3n) is 5.60. The average Bonchev–Trinajstić information content (AvgIpc) is 3.55. The first kappa shape index (κ1) is 22.3. The number of benzene rings is 2. The highest BCUT2D eigenvalue weighted by Crippen LogP contribution is 2.39. The molecule has 2 N–H and O–H groups in total. The van der Waals surface area contributed by atoms with Gasteiger partial charge in [-0.25, -0.2) is 14.4 Å². The lowest BCUT2D eigenvalue weighted by Gasteiger charge is -2.08. The lowest BCUT2D eigenvalue weighted by molar-refractivity contribution is -0.384. The Morgan fingerprint density at radius 1 is 1.06 bits per heavy atom. The van der Waals surface area contributed by atoms with Crippen molar-refractivity contribution < 1.29 is 9.31 Å². The van der Waals surface area contributed by atoms with Gasteiger partial charge in [0, 0.05) is 18.2 Å². The number of hydrogen-bond acceptors (Lipinski definition) is 5. The molecule has 0 saturated heterocycles. The maximum absolute atomic E-state index is 13.6. The SMILES string of the molecule is O=[N+]([O-])c1ccc(-c2[nH]c(-c3c(Cl)cccc3Cl)nc2-c2ccc(F)cc2)nc1NCC1CC1. The number of aromatic nitrogens is 3. The predicted octanol–water partition coefficient (Wildman–Crippen LogP) is 6.98. The molecule has 0 spiro atoms. The van der Waals surface area contributed by atoms with Gasteiger partial charge in [0.25, 0.3) is 0 Å². The lowest BCUT2D eigenvalue weighted by Crippen LogP contribution is -2.08. The molecule has 2 heterocycles. The van der Waals surface area contributed by atoms with E-state index in [0.29, 0.717) is 56.5 Å². The van der Waals surface area contributed by atoms with E-state index in [1.807, 2.05) is 0 Å². The van der Waals surface area contributed by atoms with Crippen LogP contribution in [0.3, 0.4) is 0 Å². The van der Waals surface area contributed by atoms with Gasteiger partial charge >= 0.3 is 5.69 Å². The van der Waals surface area contributed by atoms with Gasteiger partial charge in [-0.1, -0.05) is 29.3 Å². The van der Waals surface area contributed by atoms with Crippen LogP contribution < -0.4 is 5.32 Å². The van der Waals surface area contributed by atoms with Crippen LogP contribution in [0.1, 0.15) is 12.8 Å². The molecule has 1 aliphatic rings. The van der Waals surface area contributed by atoms with Crippen LogP contribution in [0.25, 0.3) is 34.0 Å². The maximum Gasteiger partial charge on any atom is 0.311 e. The molecule has 1 fully saturated rings. The van der Waals surface area contributed by atoms with Gasteiger partial charge in [-0.3, -0.25) is 10.1 Å². The topological polar surface area (TPSA) is 96.7 Å². The van der Waals surface area contributed by atoms with Gasteiger partial charge in [-0.05, 0) is 61.2 Å². The third-order valence-corrected chi connectivity index (χ3v) is 6.23. The molecule has 0 unspecified atom stereocenters. The first-order valence-corrected chi connectivity index (χ1v) is 11.4. The van der Waals surface area contributed by atoms with E-state index in [-0.39, 0.29) is 17.3 Å². The summed E-state index contributed by atoms with van der Waals surface area (Å²) in [4.78, 5) is 23.6. The van der Waals surface area contributed by atoms with E-state index in [1.165, 1.54) is 18.2 Å². The summed E-state index contributed by atoms with van der Waals surface area (Å²) in [7, 11) is 0. The molecule has 172 valence electrons. The highest BCUT2D eigenvalue weighted by Gasteiger charge is 2.25. The van der Waals surface area contributed by atoms with Gasteiger partial charge in [0.2, 0.25) is 5.82 Å². The second-order valence-electron chi connectivity index (χ2n) is 8.06. The normalized spacial score (nSPS) is 13.1. The van der Waals surface area contributed by atoms with Gasteiger partial charge < -0.3 is 10.3 Å². The van der Waals surface area contributed by atoms with E-state index in [2.05, 4.69) is 15.3 Å². The fraction of sp³-hybridized carbons (Fsp3) is 0.167. The van der Waals surface area contributed by atoms with Gasteiger partial charge in [0.05, 0.1) is 37.6 Å². The zero-order valence-corrected chi connectivity index (χ0v) is 19.2. The number of hydrogen-bond donors (Lipinski definition) is 2. The molecular formula is C24H18Cl2FN5O2. The van der Waals surface area contributed by atoms with Crippen LogP contribution in [-0.2, 0) is 0 Å². The molecule has 10 heteroatoms. The number of nitrogens with zero attached hydrogens (tertiary/aromatic N) is 3. The van der Waals surface area contributed by atoms with Crippen molar-refractivity contribution in [1.82, 2.24) is 15.0 Å². The van der Waals surface area contributed by atoms with E-state index < -0.39 is 4.92 Å². The molecule has 5 rings (SSSR count). The molecule has 4 aromatic rings. The average molecular weight is 498 g/mol. The maximum atomic E-state index is 13.6. The van der Waals surface area contributed by atoms with Crippen LogP contribution in [0.4, 0.5) is 15.9 Å². The molecule has 0 bridgehead atoms. The van der Waals surface area contributed by atoms with Crippen molar-refractivity contribution in [2.45, 2.75) is 12.8 Å². The summed E-state index contributed by atoms with van der Waals surface area (Å²) < 4.78 is 13.6. The van der Waals surface area contributed by atoms with Gasteiger partial charge in [0.15, 0.2) is 0 Å². The van der Waals surface area contributed by atoms with Crippen LogP contribution >= 0.6 is 23.2 Å². The molecule has 2 aromatic heterocycles. The number of anilines is 1. The molecule has 34 heavy (non-hydrogen) atoms. The Morgan fingerprint density at radius 2 is 1.76 bits per heavy atom. The summed E-state index contributed by atoms with van der Waals surface area (Å²) in [5.74, 6) is 0.708. The predicted molar refractivity (Wildman–Crippen MR) is 131 cm³/mol. The minimum Gasteiger partial charge on any atom is -0.364 e. The van der Waals surface area contributed by atoms with Crippen molar-refractivity contribution in [3.8, 4) is 34.0 Å². The van der Waals surface area contributed by atoms with Crippen LogP contribution in [0.5, 0.6) is 0 Å². The molecule has 0 radical (unpaired) electrons. The number of aromatic amines is 1. The Labute approximate surface area is 204 Å². The number of halogens is 3. The van der Waals surface area contributed by atoms with Crippen LogP contribution in [0.2, 0.25) is 10.0 Å². The Bertz CT molecular complexity index is 1370. The van der Waals surface area contributed by atoms with E-state index in [0.717, 1.165) is 12.8 Å². The number of nitro groups is 1. The standard InChI is InChI=1S/C24H18Cl2FN5O2/c25-16-2-1-3-17(26)20(16)24-30-21(14-6-8-15(27)9-7-14)22(31-24)18-10-11-19(32(33)34)23(29-18)28-12-13-4-5-13/h1-3,6-11,13H,4-5,12H2,(H,28,29)(H,30,31). The van der Waals surface area contributed by atoms with Crippen LogP contribution in [0.15, 0.2) is 54.6 Å². The van der Waals surface area contributed by atoms with Crippen molar-refractivity contribution in [3.63, 3.8) is 0 Å². The Hall–Kier alpha value is -3.49. The zero-order chi connectivity index (χ0) is 23.8. The summed E-state index contributed by atoms with van der Waals surface area (Å²) in [6.45, 7) is 0.617. The molecule has 1 saturated carbocycles. The summed E-state index contributed by atoms with van der Waals surface area (Å²) in [6.07, 6.45) is 2.19. The second kappa shape index (κ2) is 9.04. The largest absolute Gasteiger partial charge is 0.364 e. The van der Waals surface area contributed by atoms with Crippen molar-refractivity contribution in [3.05, 3.63) is 80.6 Å². The quantitative estimate of drug-likeness (QED) is 0.212. The fourth-order valence-corrected chi connectivity index (χ4v) is 4.23. The first-order chi connectivity index (χ1) is 16.4. The van der Waals surface area contributed by atoms with E-state index in [1.54, 1.807) is 36.4 Å². The van der Waals surface area contributed by atoms with Gasteiger partial charge in [0.1, 0.15) is 11.6 Å². The molecule has 0 amide bonds. The molecule has 7 nitrogen and oxygen atoms in total. The Kier molecular flexibility index (Phi) is 5.93. The van der Waals surface area contributed by atoms with E-state index in [4.69, 9.17) is 28.2 Å². The summed E-state index contributed by atoms with van der Waals surface area (Å²) in [5.41, 5.74) is 2.46. The van der Waals surface area contributed by atoms with Gasteiger partial charge in [-0.15, -0.1) is 0 Å². The lowest BCUT2D eigenvalue weighted by atomic mass is 10.1. The van der Waals surface area contributed by atoms with Crippen molar-refractivity contribution in [2.24, 2.45) is 5.92 Å². The highest BCUT2D eigenvalue weighted by atomic mass is 35.5. The summed E-state index contributed by atoms with van der Waals surface area (Å²) in [5, 5.41) is 15.5. The minimum absolute atomic E-state index is 0.110. The number of nitrogens with one attached hydrogen (secondary N) is 2. The van der Waals surface area contributed by atoms with Crippen LogP contribution in [-0.4, -0.2) is 26.4 Å². The number of pyridine rings is 1. The van der Waals surface area contributed by atoms with Crippen molar-refractivity contribution in [1.29, 1.82) is 0 Å². The Morgan fingerprint density at radius 3 is 2.41 bits per heavy atom. The molecule has 1 aliphatic carbocycles. The number of H-pyrrole nitrogens is 1. The monoisotopic (exact) mass is 497 g/mol. The van der Waals surface area contributed by atoms with Crippen LogP contribution in [0, 0.1) is 21.8 Å². The smallest absolute Gasteiger partial charge is 0.311 e. The highest BCUT2D eigenvalue weighted by molar-refractivity contribution is 6.39. The van der Waals surface area contributed by atoms with E-state index >= 15 is 0 Å². The molecule has 0 atom stereocenters. The summed E-state index contributed by atoms with van der Waals surface area (Å²) >= 11 is 12.8. The number of rotatable bonds is 7. The molecular weight excluding hydrogens is 480 g/mol. The Balaban J connectivity index is 1.66. The summed E-state index contributed by atoms with van der Waals surface area (Å²) in [6, 6.07) is 14.0.